The molecule has 0 aromatic rings. The first kappa shape index (κ1) is 14.6. The van der Waals surface area contributed by atoms with E-state index in [9.17, 15) is 4.79 Å². The van der Waals surface area contributed by atoms with Gasteiger partial charge in [-0.25, -0.2) is 0 Å². The minimum atomic E-state index is 0.333. The first-order valence-electron chi connectivity index (χ1n) is 7.93. The summed E-state index contributed by atoms with van der Waals surface area (Å²) >= 11 is 0. The predicted octanol–water partition coefficient (Wildman–Crippen LogP) is 2.72. The van der Waals surface area contributed by atoms with E-state index in [1.807, 2.05) is 4.90 Å². The maximum Gasteiger partial charge on any atom is 0.223 e. The fraction of sp³-hybridized carbons (Fsp3) is 0.812. The maximum atomic E-state index is 12.0. The Morgan fingerprint density at radius 3 is 2.84 bits per heavy atom. The normalized spacial score (nSPS) is 24.7. The van der Waals surface area contributed by atoms with E-state index in [2.05, 4.69) is 24.4 Å². The zero-order valence-corrected chi connectivity index (χ0v) is 12.2. The Hall–Kier alpha value is -0.830. The molecule has 0 radical (unpaired) electrons. The van der Waals surface area contributed by atoms with Gasteiger partial charge in [-0.2, -0.15) is 0 Å². The average molecular weight is 264 g/mol. The van der Waals surface area contributed by atoms with Crippen LogP contribution in [-0.4, -0.2) is 36.5 Å². The molecule has 2 unspecified atom stereocenters. The van der Waals surface area contributed by atoms with Gasteiger partial charge in [-0.1, -0.05) is 12.2 Å². The summed E-state index contributed by atoms with van der Waals surface area (Å²) in [7, 11) is 0. The molecule has 1 fully saturated rings. The van der Waals surface area contributed by atoms with Gasteiger partial charge in [0.25, 0.3) is 0 Å². The lowest BCUT2D eigenvalue weighted by Gasteiger charge is -2.27. The number of piperidine rings is 1. The number of carbonyl (C=O) groups excluding carboxylic acids is 1. The third kappa shape index (κ3) is 4.98. The Morgan fingerprint density at radius 1 is 1.37 bits per heavy atom. The number of allylic oxidation sites excluding steroid dienone is 2. The first-order chi connectivity index (χ1) is 9.25. The van der Waals surface area contributed by atoms with Crippen molar-refractivity contribution in [2.24, 2.45) is 5.92 Å². The lowest BCUT2D eigenvalue weighted by Crippen LogP contribution is -2.38. The molecule has 3 nitrogen and oxygen atoms in total. The van der Waals surface area contributed by atoms with Gasteiger partial charge in [-0.05, 0) is 51.4 Å². The van der Waals surface area contributed by atoms with Gasteiger partial charge in [0.05, 0.1) is 0 Å². The van der Waals surface area contributed by atoms with Gasteiger partial charge in [0.2, 0.25) is 5.91 Å². The van der Waals surface area contributed by atoms with Gasteiger partial charge in [-0.15, -0.1) is 0 Å². The molecule has 1 N–H and O–H groups in total. The van der Waals surface area contributed by atoms with Crippen LogP contribution in [0.2, 0.25) is 0 Å². The van der Waals surface area contributed by atoms with Crippen LogP contribution in [0.4, 0.5) is 0 Å². The van der Waals surface area contributed by atoms with E-state index in [1.54, 1.807) is 0 Å². The summed E-state index contributed by atoms with van der Waals surface area (Å²) in [4.78, 5) is 14.0. The number of hydrogen-bond acceptors (Lipinski definition) is 2. The van der Waals surface area contributed by atoms with Gasteiger partial charge >= 0.3 is 0 Å². The van der Waals surface area contributed by atoms with Crippen molar-refractivity contribution in [1.29, 1.82) is 0 Å². The molecule has 0 spiro atoms. The van der Waals surface area contributed by atoms with Crippen LogP contribution in [0.15, 0.2) is 12.2 Å². The highest BCUT2D eigenvalue weighted by atomic mass is 16.2. The second-order valence-electron chi connectivity index (χ2n) is 6.05. The molecule has 2 aliphatic rings. The van der Waals surface area contributed by atoms with Crippen molar-refractivity contribution in [2.75, 3.05) is 19.6 Å². The molecule has 0 aromatic heterocycles. The third-order valence-corrected chi connectivity index (χ3v) is 4.31. The van der Waals surface area contributed by atoms with Crippen LogP contribution in [0.3, 0.4) is 0 Å². The van der Waals surface area contributed by atoms with Gasteiger partial charge < -0.3 is 10.2 Å². The minimum absolute atomic E-state index is 0.333. The number of amides is 1. The summed E-state index contributed by atoms with van der Waals surface area (Å²) in [6, 6.07) is 0.516. The topological polar surface area (TPSA) is 32.3 Å². The molecule has 0 aromatic carbocycles. The van der Waals surface area contributed by atoms with Crippen molar-refractivity contribution >= 4 is 5.91 Å². The van der Waals surface area contributed by atoms with E-state index in [-0.39, 0.29) is 0 Å². The monoisotopic (exact) mass is 264 g/mol. The maximum absolute atomic E-state index is 12.0. The number of nitrogens with zero attached hydrogens (tertiary/aromatic N) is 1. The Bertz CT molecular complexity index is 308. The van der Waals surface area contributed by atoms with Crippen LogP contribution in [0.1, 0.15) is 51.9 Å². The molecule has 1 aliphatic heterocycles. The van der Waals surface area contributed by atoms with Crippen molar-refractivity contribution < 1.29 is 4.79 Å². The fourth-order valence-corrected chi connectivity index (χ4v) is 3.16. The molecule has 1 heterocycles. The summed E-state index contributed by atoms with van der Waals surface area (Å²) in [5.41, 5.74) is 0. The third-order valence-electron chi connectivity index (χ3n) is 4.31. The van der Waals surface area contributed by atoms with Gasteiger partial charge in [0, 0.05) is 32.1 Å². The quantitative estimate of drug-likeness (QED) is 0.748. The predicted molar refractivity (Wildman–Crippen MR) is 79.0 cm³/mol. The number of rotatable bonds is 6. The summed E-state index contributed by atoms with van der Waals surface area (Å²) in [6.07, 6.45) is 12.7. The summed E-state index contributed by atoms with van der Waals surface area (Å²) in [6.45, 7) is 5.01. The second kappa shape index (κ2) is 7.68. The van der Waals surface area contributed by atoms with E-state index < -0.39 is 0 Å². The molecule has 1 aliphatic carbocycles. The molecule has 2 atom stereocenters. The first-order valence-corrected chi connectivity index (χ1v) is 7.93. The summed E-state index contributed by atoms with van der Waals surface area (Å²) in [5.74, 6) is 1.08. The largest absolute Gasteiger partial charge is 0.343 e. The van der Waals surface area contributed by atoms with Crippen LogP contribution in [0.5, 0.6) is 0 Å². The number of carbonyl (C=O) groups is 1. The van der Waals surface area contributed by atoms with Crippen molar-refractivity contribution in [1.82, 2.24) is 10.2 Å². The highest BCUT2D eigenvalue weighted by molar-refractivity contribution is 5.76. The molecule has 1 saturated heterocycles. The van der Waals surface area contributed by atoms with E-state index in [0.29, 0.717) is 18.4 Å². The second-order valence-corrected chi connectivity index (χ2v) is 6.05. The minimum Gasteiger partial charge on any atom is -0.343 e. The summed E-state index contributed by atoms with van der Waals surface area (Å²) < 4.78 is 0. The average Bonchev–Trinajstić information content (AvgIpc) is 2.92. The highest BCUT2D eigenvalue weighted by Gasteiger charge is 2.17. The number of nitrogens with one attached hydrogen (secondary N) is 1. The molecule has 0 bridgehead atoms. The van der Waals surface area contributed by atoms with E-state index in [4.69, 9.17) is 0 Å². The van der Waals surface area contributed by atoms with Crippen molar-refractivity contribution in [3.63, 3.8) is 0 Å². The zero-order chi connectivity index (χ0) is 13.5. The Balaban J connectivity index is 1.57. The molecule has 1 amide bonds. The fourth-order valence-electron chi connectivity index (χ4n) is 3.16. The van der Waals surface area contributed by atoms with Crippen LogP contribution in [0, 0.1) is 5.92 Å². The van der Waals surface area contributed by atoms with Crippen molar-refractivity contribution in [3.05, 3.63) is 12.2 Å². The number of hydrogen-bond donors (Lipinski definition) is 1. The molecular formula is C16H28N2O. The van der Waals surface area contributed by atoms with Crippen LogP contribution in [-0.2, 0) is 4.79 Å². The lowest BCUT2D eigenvalue weighted by molar-refractivity contribution is -0.131. The standard InChI is InChI=1S/C16H28N2O/c1-14(13-15-7-3-4-8-15)17-10-9-16(19)18-11-5-2-6-12-18/h3,7,14-15,17H,2,4-6,8-13H2,1H3. The van der Waals surface area contributed by atoms with Crippen LogP contribution in [0.25, 0.3) is 0 Å². The highest BCUT2D eigenvalue weighted by Crippen LogP contribution is 2.21. The van der Waals surface area contributed by atoms with E-state index >= 15 is 0 Å². The van der Waals surface area contributed by atoms with Crippen molar-refractivity contribution in [2.45, 2.75) is 57.9 Å². The molecule has 108 valence electrons. The molecule has 0 saturated carbocycles. The Morgan fingerprint density at radius 2 is 2.16 bits per heavy atom. The van der Waals surface area contributed by atoms with Gasteiger partial charge in [0.15, 0.2) is 0 Å². The summed E-state index contributed by atoms with van der Waals surface area (Å²) in [5, 5.41) is 3.50. The lowest BCUT2D eigenvalue weighted by atomic mass is 10.0. The Kier molecular flexibility index (Phi) is 5.90. The number of likely N-dealkylation sites (tertiary alicyclic amines) is 1. The van der Waals surface area contributed by atoms with Gasteiger partial charge in [-0.3, -0.25) is 4.79 Å². The SMILES string of the molecule is CC(CC1C=CCC1)NCCC(=O)N1CCCCC1. The van der Waals surface area contributed by atoms with E-state index in [0.717, 1.165) is 25.6 Å². The van der Waals surface area contributed by atoms with E-state index in [1.165, 1.54) is 38.5 Å². The van der Waals surface area contributed by atoms with Crippen LogP contribution >= 0.6 is 0 Å². The smallest absolute Gasteiger partial charge is 0.223 e. The van der Waals surface area contributed by atoms with Gasteiger partial charge in [0.1, 0.15) is 0 Å². The van der Waals surface area contributed by atoms with Crippen molar-refractivity contribution in [3.8, 4) is 0 Å². The Labute approximate surface area is 117 Å². The van der Waals surface area contributed by atoms with Crippen LogP contribution < -0.4 is 5.32 Å². The molecule has 3 heteroatoms. The zero-order valence-electron chi connectivity index (χ0n) is 12.2. The molecular weight excluding hydrogens is 236 g/mol. The molecule has 19 heavy (non-hydrogen) atoms. The molecule has 2 rings (SSSR count).